The van der Waals surface area contributed by atoms with Crippen LogP contribution in [0.25, 0.3) is 5.69 Å². The molecule has 0 aliphatic carbocycles. The number of para-hydroxylation sites is 1. The fourth-order valence-electron chi connectivity index (χ4n) is 2.06. The van der Waals surface area contributed by atoms with Gasteiger partial charge in [0.15, 0.2) is 0 Å². The van der Waals surface area contributed by atoms with Gasteiger partial charge in [0, 0.05) is 29.0 Å². The van der Waals surface area contributed by atoms with E-state index in [1.807, 2.05) is 36.5 Å². The Balaban J connectivity index is 1.55. The predicted molar refractivity (Wildman–Crippen MR) is 90.9 cm³/mol. The molecule has 0 fully saturated rings. The predicted octanol–water partition coefficient (Wildman–Crippen LogP) is 3.85. The number of amides is 2. The van der Waals surface area contributed by atoms with E-state index in [4.69, 9.17) is 11.6 Å². The van der Waals surface area contributed by atoms with Crippen LogP contribution < -0.4 is 10.6 Å². The van der Waals surface area contributed by atoms with Gasteiger partial charge in [-0.1, -0.05) is 29.8 Å². The molecule has 0 saturated carbocycles. The first-order valence-electron chi connectivity index (χ1n) is 7.10. The molecule has 23 heavy (non-hydrogen) atoms. The maximum Gasteiger partial charge on any atom is 0.319 e. The van der Waals surface area contributed by atoms with Gasteiger partial charge >= 0.3 is 6.03 Å². The van der Waals surface area contributed by atoms with Crippen LogP contribution in [0.4, 0.5) is 10.5 Å². The lowest BCUT2D eigenvalue weighted by Gasteiger charge is -2.06. The van der Waals surface area contributed by atoms with Gasteiger partial charge in [-0.05, 0) is 36.4 Å². The molecular weight excluding hydrogens is 312 g/mol. The highest BCUT2D eigenvalue weighted by Gasteiger charge is 2.04. The van der Waals surface area contributed by atoms with E-state index in [2.05, 4.69) is 15.7 Å². The van der Waals surface area contributed by atoms with Crippen LogP contribution in [0.15, 0.2) is 67.0 Å². The Labute approximate surface area is 138 Å². The second-order valence-corrected chi connectivity index (χ2v) is 5.38. The fraction of sp³-hybridized carbons (Fsp3) is 0.0588. The summed E-state index contributed by atoms with van der Waals surface area (Å²) in [5.41, 5.74) is 2.58. The molecule has 1 heterocycles. The molecule has 0 unspecified atom stereocenters. The van der Waals surface area contributed by atoms with Gasteiger partial charge in [0.05, 0.1) is 11.9 Å². The van der Waals surface area contributed by atoms with E-state index in [1.54, 1.807) is 35.1 Å². The summed E-state index contributed by atoms with van der Waals surface area (Å²) in [4.78, 5) is 11.9. The molecular formula is C17H15ClN4O. The van der Waals surface area contributed by atoms with Crippen LogP contribution in [0.3, 0.4) is 0 Å². The second-order valence-electron chi connectivity index (χ2n) is 4.94. The van der Waals surface area contributed by atoms with Crippen LogP contribution in [0.1, 0.15) is 5.56 Å². The number of urea groups is 1. The Morgan fingerprint density at radius 3 is 2.57 bits per heavy atom. The van der Waals surface area contributed by atoms with Crippen molar-refractivity contribution in [2.24, 2.45) is 0 Å². The van der Waals surface area contributed by atoms with Crippen molar-refractivity contribution in [3.05, 3.63) is 77.6 Å². The van der Waals surface area contributed by atoms with E-state index < -0.39 is 0 Å². The molecule has 0 saturated heterocycles. The first-order valence-corrected chi connectivity index (χ1v) is 7.48. The molecule has 0 aliphatic rings. The number of benzene rings is 2. The molecule has 5 nitrogen and oxygen atoms in total. The molecule has 0 atom stereocenters. The number of rotatable bonds is 4. The third-order valence-corrected chi connectivity index (χ3v) is 3.46. The van der Waals surface area contributed by atoms with E-state index in [1.165, 1.54) is 0 Å². The summed E-state index contributed by atoms with van der Waals surface area (Å²) in [5, 5.41) is 10.4. The zero-order valence-electron chi connectivity index (χ0n) is 12.2. The Bertz CT molecular complexity index is 784. The molecule has 0 bridgehead atoms. The third-order valence-electron chi connectivity index (χ3n) is 3.21. The Morgan fingerprint density at radius 1 is 1.09 bits per heavy atom. The highest BCUT2D eigenvalue weighted by atomic mass is 35.5. The molecule has 2 amide bonds. The average Bonchev–Trinajstić information content (AvgIpc) is 3.05. The van der Waals surface area contributed by atoms with Crippen LogP contribution in [0, 0.1) is 0 Å². The minimum atomic E-state index is -0.278. The monoisotopic (exact) mass is 326 g/mol. The van der Waals surface area contributed by atoms with Crippen molar-refractivity contribution in [3.63, 3.8) is 0 Å². The highest BCUT2D eigenvalue weighted by Crippen LogP contribution is 2.13. The lowest BCUT2D eigenvalue weighted by atomic mass is 10.3. The average molecular weight is 327 g/mol. The Hall–Kier alpha value is -2.79. The van der Waals surface area contributed by atoms with Gasteiger partial charge in [-0.3, -0.25) is 0 Å². The third kappa shape index (κ3) is 4.11. The lowest BCUT2D eigenvalue weighted by Crippen LogP contribution is -2.27. The van der Waals surface area contributed by atoms with Gasteiger partial charge in [-0.2, -0.15) is 5.10 Å². The molecule has 1 aromatic heterocycles. The van der Waals surface area contributed by atoms with Crippen molar-refractivity contribution in [3.8, 4) is 5.69 Å². The summed E-state index contributed by atoms with van der Waals surface area (Å²) in [5.74, 6) is 0. The Kier molecular flexibility index (Phi) is 4.59. The minimum absolute atomic E-state index is 0.278. The maximum absolute atomic E-state index is 11.9. The SMILES string of the molecule is O=C(NCc1cnn(-c2ccccc2)c1)Nc1ccc(Cl)cc1. The number of carbonyl (C=O) groups excluding carboxylic acids is 1. The lowest BCUT2D eigenvalue weighted by molar-refractivity contribution is 0.251. The van der Waals surface area contributed by atoms with Gasteiger partial charge in [-0.15, -0.1) is 0 Å². The highest BCUT2D eigenvalue weighted by molar-refractivity contribution is 6.30. The summed E-state index contributed by atoms with van der Waals surface area (Å²) in [6.45, 7) is 0.395. The number of nitrogens with one attached hydrogen (secondary N) is 2. The minimum Gasteiger partial charge on any atom is -0.334 e. The largest absolute Gasteiger partial charge is 0.334 e. The molecule has 3 rings (SSSR count). The number of anilines is 1. The molecule has 0 aliphatic heterocycles. The summed E-state index contributed by atoms with van der Waals surface area (Å²) >= 11 is 5.80. The normalized spacial score (nSPS) is 10.3. The van der Waals surface area contributed by atoms with Crippen molar-refractivity contribution in [1.82, 2.24) is 15.1 Å². The smallest absolute Gasteiger partial charge is 0.319 e. The van der Waals surface area contributed by atoms with Gasteiger partial charge in [-0.25, -0.2) is 9.48 Å². The topological polar surface area (TPSA) is 59.0 Å². The molecule has 3 aromatic rings. The van der Waals surface area contributed by atoms with Gasteiger partial charge in [0.25, 0.3) is 0 Å². The number of hydrogen-bond donors (Lipinski definition) is 2. The van der Waals surface area contributed by atoms with Gasteiger partial charge in [0.1, 0.15) is 0 Å². The quantitative estimate of drug-likeness (QED) is 0.765. The van der Waals surface area contributed by atoms with Crippen molar-refractivity contribution < 1.29 is 4.79 Å². The van der Waals surface area contributed by atoms with Crippen LogP contribution >= 0.6 is 11.6 Å². The number of halogens is 1. The first-order chi connectivity index (χ1) is 11.2. The molecule has 6 heteroatoms. The molecule has 2 aromatic carbocycles. The van der Waals surface area contributed by atoms with E-state index in [0.29, 0.717) is 17.3 Å². The molecule has 2 N–H and O–H groups in total. The summed E-state index contributed by atoms with van der Waals surface area (Å²) in [6, 6.07) is 16.5. The van der Waals surface area contributed by atoms with Crippen LogP contribution in [-0.2, 0) is 6.54 Å². The summed E-state index contributed by atoms with van der Waals surface area (Å²) in [6.07, 6.45) is 3.62. The maximum atomic E-state index is 11.9. The zero-order valence-corrected chi connectivity index (χ0v) is 13.0. The standard InChI is InChI=1S/C17H15ClN4O/c18-14-6-8-15(9-7-14)21-17(23)19-10-13-11-20-22(12-13)16-4-2-1-3-5-16/h1-9,11-12H,10H2,(H2,19,21,23). The zero-order chi connectivity index (χ0) is 16.1. The number of carbonyl (C=O) groups is 1. The van der Waals surface area contributed by atoms with Crippen molar-refractivity contribution in [1.29, 1.82) is 0 Å². The van der Waals surface area contributed by atoms with E-state index in [-0.39, 0.29) is 6.03 Å². The number of aromatic nitrogens is 2. The van der Waals surface area contributed by atoms with Crippen molar-refractivity contribution >= 4 is 23.3 Å². The van der Waals surface area contributed by atoms with Crippen LogP contribution in [-0.4, -0.2) is 15.8 Å². The van der Waals surface area contributed by atoms with Crippen LogP contribution in [0.5, 0.6) is 0 Å². The van der Waals surface area contributed by atoms with E-state index >= 15 is 0 Å². The van der Waals surface area contributed by atoms with Crippen LogP contribution in [0.2, 0.25) is 5.02 Å². The van der Waals surface area contributed by atoms with Crippen molar-refractivity contribution in [2.75, 3.05) is 5.32 Å². The molecule has 0 radical (unpaired) electrons. The van der Waals surface area contributed by atoms with Gasteiger partial charge in [0.2, 0.25) is 0 Å². The Morgan fingerprint density at radius 2 is 1.83 bits per heavy atom. The number of hydrogen-bond acceptors (Lipinski definition) is 2. The van der Waals surface area contributed by atoms with Gasteiger partial charge < -0.3 is 10.6 Å². The van der Waals surface area contributed by atoms with Crippen molar-refractivity contribution in [2.45, 2.75) is 6.54 Å². The van der Waals surface area contributed by atoms with E-state index in [0.717, 1.165) is 11.3 Å². The number of nitrogens with zero attached hydrogens (tertiary/aromatic N) is 2. The summed E-state index contributed by atoms with van der Waals surface area (Å²) < 4.78 is 1.77. The fourth-order valence-corrected chi connectivity index (χ4v) is 2.19. The molecule has 116 valence electrons. The first kappa shape index (κ1) is 15.1. The molecule has 0 spiro atoms. The van der Waals surface area contributed by atoms with E-state index in [9.17, 15) is 4.79 Å². The summed E-state index contributed by atoms with van der Waals surface area (Å²) in [7, 11) is 0. The second kappa shape index (κ2) is 6.98.